The first-order valence-corrected chi connectivity index (χ1v) is 9.88. The molecule has 0 aromatic heterocycles. The van der Waals surface area contributed by atoms with Gasteiger partial charge in [-0.25, -0.2) is 0 Å². The van der Waals surface area contributed by atoms with Crippen molar-refractivity contribution in [2.45, 2.75) is 25.9 Å². The third-order valence-corrected chi connectivity index (χ3v) is 5.65. The molecule has 0 saturated heterocycles. The molecule has 0 saturated carbocycles. The highest BCUT2D eigenvalue weighted by molar-refractivity contribution is 5.94. The van der Waals surface area contributed by atoms with Gasteiger partial charge in [0.2, 0.25) is 0 Å². The van der Waals surface area contributed by atoms with Gasteiger partial charge in [0.05, 0.1) is 20.8 Å². The maximum absolute atomic E-state index is 12.9. The Morgan fingerprint density at radius 1 is 1.03 bits per heavy atom. The Kier molecular flexibility index (Phi) is 5.49. The van der Waals surface area contributed by atoms with Crippen molar-refractivity contribution in [2.24, 2.45) is 0 Å². The summed E-state index contributed by atoms with van der Waals surface area (Å²) in [7, 11) is 3.29. The van der Waals surface area contributed by atoms with Gasteiger partial charge in [-0.3, -0.25) is 4.79 Å². The van der Waals surface area contributed by atoms with Crippen LogP contribution in [-0.4, -0.2) is 45.9 Å². The van der Waals surface area contributed by atoms with E-state index in [0.29, 0.717) is 30.4 Å². The number of carbonyl (C=O) groups is 1. The van der Waals surface area contributed by atoms with Crippen LogP contribution in [0.1, 0.15) is 18.1 Å². The van der Waals surface area contributed by atoms with E-state index < -0.39 is 0 Å². The Labute approximate surface area is 170 Å². The predicted molar refractivity (Wildman–Crippen MR) is 108 cm³/mol. The molecule has 154 valence electrons. The van der Waals surface area contributed by atoms with E-state index in [2.05, 4.69) is 5.32 Å². The number of quaternary nitrogens is 1. The summed E-state index contributed by atoms with van der Waals surface area (Å²) in [5, 5.41) is 3.01. The van der Waals surface area contributed by atoms with Gasteiger partial charge >= 0.3 is 0 Å². The lowest BCUT2D eigenvalue weighted by Crippen LogP contribution is -3.16. The van der Waals surface area contributed by atoms with E-state index in [-0.39, 0.29) is 11.9 Å². The highest BCUT2D eigenvalue weighted by Gasteiger charge is 2.30. The van der Waals surface area contributed by atoms with Gasteiger partial charge < -0.3 is 29.2 Å². The van der Waals surface area contributed by atoms with Crippen molar-refractivity contribution in [2.75, 3.05) is 39.3 Å². The van der Waals surface area contributed by atoms with E-state index in [1.165, 1.54) is 16.0 Å². The maximum Gasteiger partial charge on any atom is 0.282 e. The van der Waals surface area contributed by atoms with Crippen LogP contribution in [-0.2, 0) is 17.8 Å². The number of amides is 1. The van der Waals surface area contributed by atoms with Crippen LogP contribution < -0.4 is 29.2 Å². The van der Waals surface area contributed by atoms with Crippen molar-refractivity contribution >= 4 is 11.6 Å². The molecule has 2 aliphatic rings. The van der Waals surface area contributed by atoms with Gasteiger partial charge in [0, 0.05) is 23.7 Å². The fourth-order valence-corrected chi connectivity index (χ4v) is 3.92. The first kappa shape index (κ1) is 19.4. The fourth-order valence-electron chi connectivity index (χ4n) is 3.92. The molecule has 7 nitrogen and oxygen atoms in total. The molecule has 2 aliphatic heterocycles. The molecule has 2 aromatic carbocycles. The molecule has 4 rings (SSSR count). The SMILES string of the molecule is COc1cc2c(cc1OC)C[NH+]([C@@H](C)C(=O)Nc1ccc3c(c1)OCCO3)CC2. The topological polar surface area (TPSA) is 70.5 Å². The fraction of sp³-hybridized carbons (Fsp3) is 0.409. The zero-order chi connectivity index (χ0) is 20.4. The van der Waals surface area contributed by atoms with E-state index in [1.807, 2.05) is 37.3 Å². The second-order valence-corrected chi connectivity index (χ2v) is 7.38. The second kappa shape index (κ2) is 8.21. The molecule has 1 amide bonds. The molecular formula is C22H27N2O5+. The lowest BCUT2D eigenvalue weighted by molar-refractivity contribution is -0.929. The minimum absolute atomic E-state index is 0.0133. The summed E-state index contributed by atoms with van der Waals surface area (Å²) < 4.78 is 22.0. The number of carbonyl (C=O) groups excluding carboxylic acids is 1. The molecule has 0 bridgehead atoms. The van der Waals surface area contributed by atoms with Crippen molar-refractivity contribution in [3.05, 3.63) is 41.5 Å². The van der Waals surface area contributed by atoms with Crippen molar-refractivity contribution < 1.29 is 28.6 Å². The standard InChI is InChI=1S/C22H26N2O5/c1-14(22(25)23-17-4-5-18-21(12-17)29-9-8-28-18)24-7-6-15-10-19(26-2)20(27-3)11-16(15)13-24/h4-5,10-12,14H,6-9,13H2,1-3H3,(H,23,25)/p+1/t14-/m0/s1. The van der Waals surface area contributed by atoms with Crippen molar-refractivity contribution in [3.63, 3.8) is 0 Å². The van der Waals surface area contributed by atoms with Crippen LogP contribution in [0.2, 0.25) is 0 Å². The average Bonchev–Trinajstić information content (AvgIpc) is 2.77. The number of ether oxygens (including phenoxy) is 4. The van der Waals surface area contributed by atoms with Gasteiger partial charge in [-0.15, -0.1) is 0 Å². The lowest BCUT2D eigenvalue weighted by Gasteiger charge is -2.30. The highest BCUT2D eigenvalue weighted by Crippen LogP contribution is 2.33. The summed E-state index contributed by atoms with van der Waals surface area (Å²) in [5.41, 5.74) is 3.17. The summed E-state index contributed by atoms with van der Waals surface area (Å²) in [6.45, 7) is 4.69. The van der Waals surface area contributed by atoms with Crippen molar-refractivity contribution in [1.82, 2.24) is 0 Å². The van der Waals surface area contributed by atoms with Crippen LogP contribution in [0, 0.1) is 0 Å². The van der Waals surface area contributed by atoms with Gasteiger partial charge in [-0.05, 0) is 36.8 Å². The predicted octanol–water partition coefficient (Wildman–Crippen LogP) is 1.44. The molecule has 2 aromatic rings. The average molecular weight is 399 g/mol. The summed E-state index contributed by atoms with van der Waals surface area (Å²) in [5.74, 6) is 2.84. The Hall–Kier alpha value is -2.93. The smallest absolute Gasteiger partial charge is 0.282 e. The van der Waals surface area contributed by atoms with E-state index in [0.717, 1.165) is 31.0 Å². The zero-order valence-corrected chi connectivity index (χ0v) is 17.0. The number of anilines is 1. The first-order valence-electron chi connectivity index (χ1n) is 9.88. The third-order valence-electron chi connectivity index (χ3n) is 5.65. The lowest BCUT2D eigenvalue weighted by atomic mass is 9.97. The number of fused-ring (bicyclic) bond motifs is 2. The van der Waals surface area contributed by atoms with Gasteiger partial charge in [0.1, 0.15) is 19.8 Å². The largest absolute Gasteiger partial charge is 0.493 e. The summed E-state index contributed by atoms with van der Waals surface area (Å²) in [6.07, 6.45) is 0.896. The van der Waals surface area contributed by atoms with Crippen LogP contribution >= 0.6 is 0 Å². The molecule has 0 aliphatic carbocycles. The molecule has 2 heterocycles. The highest BCUT2D eigenvalue weighted by atomic mass is 16.6. The zero-order valence-electron chi connectivity index (χ0n) is 17.0. The maximum atomic E-state index is 12.9. The normalized spacial score (nSPS) is 18.4. The number of benzene rings is 2. The number of hydrogen-bond acceptors (Lipinski definition) is 5. The van der Waals surface area contributed by atoms with E-state index >= 15 is 0 Å². The quantitative estimate of drug-likeness (QED) is 0.796. The summed E-state index contributed by atoms with van der Waals surface area (Å²) in [4.78, 5) is 14.1. The second-order valence-electron chi connectivity index (χ2n) is 7.38. The monoisotopic (exact) mass is 399 g/mol. The Morgan fingerprint density at radius 3 is 2.45 bits per heavy atom. The van der Waals surface area contributed by atoms with Crippen LogP contribution in [0.5, 0.6) is 23.0 Å². The molecule has 29 heavy (non-hydrogen) atoms. The van der Waals surface area contributed by atoms with Crippen LogP contribution in [0.4, 0.5) is 5.69 Å². The minimum Gasteiger partial charge on any atom is -0.493 e. The first-order chi connectivity index (χ1) is 14.1. The van der Waals surface area contributed by atoms with Crippen LogP contribution in [0.15, 0.2) is 30.3 Å². The van der Waals surface area contributed by atoms with Gasteiger partial charge in [0.15, 0.2) is 29.0 Å². The number of nitrogens with one attached hydrogen (secondary N) is 2. The molecule has 0 spiro atoms. The van der Waals surface area contributed by atoms with Crippen LogP contribution in [0.3, 0.4) is 0 Å². The Morgan fingerprint density at radius 2 is 1.72 bits per heavy atom. The molecular weight excluding hydrogens is 372 g/mol. The summed E-state index contributed by atoms with van der Waals surface area (Å²) >= 11 is 0. The molecule has 7 heteroatoms. The van der Waals surface area contributed by atoms with E-state index in [1.54, 1.807) is 14.2 Å². The number of rotatable bonds is 5. The molecule has 2 N–H and O–H groups in total. The van der Waals surface area contributed by atoms with Crippen LogP contribution in [0.25, 0.3) is 0 Å². The Balaban J connectivity index is 1.45. The molecule has 2 atom stereocenters. The van der Waals surface area contributed by atoms with Gasteiger partial charge in [0.25, 0.3) is 5.91 Å². The van der Waals surface area contributed by atoms with Gasteiger partial charge in [-0.2, -0.15) is 0 Å². The molecule has 0 fully saturated rings. The van der Waals surface area contributed by atoms with E-state index in [9.17, 15) is 4.79 Å². The Bertz CT molecular complexity index is 914. The van der Waals surface area contributed by atoms with Gasteiger partial charge in [-0.1, -0.05) is 0 Å². The van der Waals surface area contributed by atoms with E-state index in [4.69, 9.17) is 18.9 Å². The summed E-state index contributed by atoms with van der Waals surface area (Å²) in [6, 6.07) is 9.37. The number of methoxy groups -OCH3 is 2. The molecule has 1 unspecified atom stereocenters. The van der Waals surface area contributed by atoms with Crippen molar-refractivity contribution in [3.8, 4) is 23.0 Å². The minimum atomic E-state index is -0.190. The number of hydrogen-bond donors (Lipinski definition) is 2. The van der Waals surface area contributed by atoms with Crippen molar-refractivity contribution in [1.29, 1.82) is 0 Å². The molecule has 0 radical (unpaired) electrons. The third kappa shape index (κ3) is 3.96.